The first kappa shape index (κ1) is 19.2. The maximum absolute atomic E-state index is 11.5. The van der Waals surface area contributed by atoms with Gasteiger partial charge in [-0.1, -0.05) is 29.8 Å². The molecule has 1 aromatic rings. The molecule has 1 aromatic carbocycles. The van der Waals surface area contributed by atoms with Gasteiger partial charge in [-0.2, -0.15) is 0 Å². The molecule has 1 heterocycles. The Labute approximate surface area is 133 Å². The first-order valence-electron chi connectivity index (χ1n) is 6.45. The van der Waals surface area contributed by atoms with Crippen LogP contribution in [-0.4, -0.2) is 48.4 Å². The Morgan fingerprint density at radius 3 is 2.40 bits per heavy atom. The first-order valence-corrected chi connectivity index (χ1v) is 6.45. The number of carbonyl (C=O) groups excluding carboxylic acids is 1. The standard InChI is InChI=1S/C14H21N3O.2ClH/c1-12-3-2-4-13(9-12)11-16-5-7-17(8-6-16)14(18)10-15;;/h2-4,9H,5-8,10-11,15H2,1H3;2*1H. The van der Waals surface area contributed by atoms with Crippen molar-refractivity contribution in [2.45, 2.75) is 13.5 Å². The van der Waals surface area contributed by atoms with Crippen molar-refractivity contribution in [3.05, 3.63) is 35.4 Å². The molecule has 1 saturated heterocycles. The highest BCUT2D eigenvalue weighted by Crippen LogP contribution is 2.10. The van der Waals surface area contributed by atoms with E-state index in [9.17, 15) is 4.79 Å². The topological polar surface area (TPSA) is 49.6 Å². The maximum atomic E-state index is 11.5. The van der Waals surface area contributed by atoms with Gasteiger partial charge in [-0.3, -0.25) is 9.69 Å². The van der Waals surface area contributed by atoms with Gasteiger partial charge in [0.1, 0.15) is 0 Å². The molecule has 0 unspecified atom stereocenters. The van der Waals surface area contributed by atoms with E-state index in [0.717, 1.165) is 32.7 Å². The van der Waals surface area contributed by atoms with Gasteiger partial charge in [-0.15, -0.1) is 24.8 Å². The third-order valence-electron chi connectivity index (χ3n) is 3.39. The number of nitrogens with two attached hydrogens (primary N) is 1. The molecule has 2 rings (SSSR count). The van der Waals surface area contributed by atoms with Gasteiger partial charge in [0.15, 0.2) is 0 Å². The highest BCUT2D eigenvalue weighted by atomic mass is 35.5. The first-order chi connectivity index (χ1) is 8.69. The third-order valence-corrected chi connectivity index (χ3v) is 3.39. The zero-order valence-electron chi connectivity index (χ0n) is 11.7. The van der Waals surface area contributed by atoms with Crippen LogP contribution in [0.2, 0.25) is 0 Å². The molecule has 0 aliphatic carbocycles. The van der Waals surface area contributed by atoms with Crippen molar-refractivity contribution >= 4 is 30.7 Å². The lowest BCUT2D eigenvalue weighted by Gasteiger charge is -2.34. The number of aryl methyl sites for hydroxylation is 1. The SMILES string of the molecule is Cc1cccc(CN2CCN(C(=O)CN)CC2)c1.Cl.Cl. The zero-order chi connectivity index (χ0) is 13.0. The average molecular weight is 320 g/mol. The van der Waals surface area contributed by atoms with E-state index in [1.165, 1.54) is 11.1 Å². The van der Waals surface area contributed by atoms with Crippen LogP contribution in [0, 0.1) is 6.92 Å². The molecule has 2 N–H and O–H groups in total. The molecule has 20 heavy (non-hydrogen) atoms. The van der Waals surface area contributed by atoms with Crippen LogP contribution < -0.4 is 5.73 Å². The van der Waals surface area contributed by atoms with Crippen LogP contribution in [-0.2, 0) is 11.3 Å². The van der Waals surface area contributed by atoms with Gasteiger partial charge in [0.05, 0.1) is 6.54 Å². The quantitative estimate of drug-likeness (QED) is 0.917. The number of amides is 1. The van der Waals surface area contributed by atoms with Crippen molar-refractivity contribution in [2.24, 2.45) is 5.73 Å². The minimum atomic E-state index is 0. The molecule has 0 spiro atoms. The van der Waals surface area contributed by atoms with Crippen LogP contribution in [0.5, 0.6) is 0 Å². The Balaban J connectivity index is 0.00000180. The molecular weight excluding hydrogens is 297 g/mol. The van der Waals surface area contributed by atoms with Gasteiger partial charge in [0.2, 0.25) is 5.91 Å². The predicted octanol–water partition coefficient (Wildman–Crippen LogP) is 1.44. The summed E-state index contributed by atoms with van der Waals surface area (Å²) in [6.45, 7) is 6.65. The summed E-state index contributed by atoms with van der Waals surface area (Å²) in [6, 6.07) is 8.59. The molecule has 1 aliphatic rings. The number of piperazine rings is 1. The number of carbonyl (C=O) groups is 1. The molecule has 4 nitrogen and oxygen atoms in total. The zero-order valence-corrected chi connectivity index (χ0v) is 13.4. The van der Waals surface area contributed by atoms with Gasteiger partial charge in [-0.25, -0.2) is 0 Å². The van der Waals surface area contributed by atoms with Crippen molar-refractivity contribution in [1.82, 2.24) is 9.80 Å². The van der Waals surface area contributed by atoms with E-state index in [-0.39, 0.29) is 37.3 Å². The Kier molecular flexibility index (Phi) is 8.81. The number of hydrogen-bond donors (Lipinski definition) is 1. The summed E-state index contributed by atoms with van der Waals surface area (Å²) >= 11 is 0. The summed E-state index contributed by atoms with van der Waals surface area (Å²) in [6.07, 6.45) is 0. The number of rotatable bonds is 3. The molecule has 6 heteroatoms. The van der Waals surface area contributed by atoms with Gasteiger partial charge < -0.3 is 10.6 Å². The summed E-state index contributed by atoms with van der Waals surface area (Å²) in [4.78, 5) is 15.7. The molecular formula is C14H23Cl2N3O. The second-order valence-electron chi connectivity index (χ2n) is 4.85. The molecule has 114 valence electrons. The van der Waals surface area contributed by atoms with Crippen LogP contribution in [0.3, 0.4) is 0 Å². The van der Waals surface area contributed by atoms with E-state index in [4.69, 9.17) is 5.73 Å². The lowest BCUT2D eigenvalue weighted by atomic mass is 10.1. The van der Waals surface area contributed by atoms with E-state index < -0.39 is 0 Å². The molecule has 1 aliphatic heterocycles. The van der Waals surface area contributed by atoms with E-state index in [1.54, 1.807) is 0 Å². The molecule has 0 aromatic heterocycles. The van der Waals surface area contributed by atoms with Gasteiger partial charge >= 0.3 is 0 Å². The Hall–Kier alpha value is -0.810. The Morgan fingerprint density at radius 1 is 1.20 bits per heavy atom. The molecule has 0 bridgehead atoms. The fourth-order valence-electron chi connectivity index (χ4n) is 2.35. The van der Waals surface area contributed by atoms with Crippen LogP contribution in [0.15, 0.2) is 24.3 Å². The van der Waals surface area contributed by atoms with Crippen molar-refractivity contribution in [2.75, 3.05) is 32.7 Å². The molecule has 0 atom stereocenters. The second kappa shape index (κ2) is 9.19. The summed E-state index contributed by atoms with van der Waals surface area (Å²) in [5, 5.41) is 0. The molecule has 1 fully saturated rings. The number of benzene rings is 1. The minimum Gasteiger partial charge on any atom is -0.339 e. The van der Waals surface area contributed by atoms with E-state index in [1.807, 2.05) is 4.90 Å². The molecule has 0 radical (unpaired) electrons. The lowest BCUT2D eigenvalue weighted by molar-refractivity contribution is -0.131. The second-order valence-corrected chi connectivity index (χ2v) is 4.85. The van der Waals surface area contributed by atoms with Crippen molar-refractivity contribution in [1.29, 1.82) is 0 Å². The molecule has 0 saturated carbocycles. The fraction of sp³-hybridized carbons (Fsp3) is 0.500. The van der Waals surface area contributed by atoms with Crippen molar-refractivity contribution in [3.63, 3.8) is 0 Å². The number of nitrogens with zero attached hydrogens (tertiary/aromatic N) is 2. The summed E-state index contributed by atoms with van der Waals surface area (Å²) < 4.78 is 0. The third kappa shape index (κ3) is 5.29. The minimum absolute atomic E-state index is 0. The predicted molar refractivity (Wildman–Crippen MR) is 86.6 cm³/mol. The van der Waals surface area contributed by atoms with Crippen molar-refractivity contribution < 1.29 is 4.79 Å². The van der Waals surface area contributed by atoms with E-state index in [0.29, 0.717) is 0 Å². The Morgan fingerprint density at radius 2 is 1.85 bits per heavy atom. The van der Waals surface area contributed by atoms with Crippen LogP contribution in [0.1, 0.15) is 11.1 Å². The smallest absolute Gasteiger partial charge is 0.236 e. The lowest BCUT2D eigenvalue weighted by Crippen LogP contribution is -2.49. The number of hydrogen-bond acceptors (Lipinski definition) is 3. The highest BCUT2D eigenvalue weighted by molar-refractivity contribution is 5.85. The van der Waals surface area contributed by atoms with Gasteiger partial charge in [0, 0.05) is 32.7 Å². The Bertz CT molecular complexity index is 421. The van der Waals surface area contributed by atoms with E-state index >= 15 is 0 Å². The highest BCUT2D eigenvalue weighted by Gasteiger charge is 2.19. The largest absolute Gasteiger partial charge is 0.339 e. The van der Waals surface area contributed by atoms with Crippen LogP contribution >= 0.6 is 24.8 Å². The average Bonchev–Trinajstić information content (AvgIpc) is 2.39. The maximum Gasteiger partial charge on any atom is 0.236 e. The summed E-state index contributed by atoms with van der Waals surface area (Å²) in [5.41, 5.74) is 8.01. The number of halogens is 2. The van der Waals surface area contributed by atoms with Crippen molar-refractivity contribution in [3.8, 4) is 0 Å². The monoisotopic (exact) mass is 319 g/mol. The normalized spacial score (nSPS) is 15.2. The molecule has 1 amide bonds. The van der Waals surface area contributed by atoms with E-state index in [2.05, 4.69) is 36.1 Å². The van der Waals surface area contributed by atoms with Crippen LogP contribution in [0.25, 0.3) is 0 Å². The van der Waals surface area contributed by atoms with Gasteiger partial charge in [-0.05, 0) is 12.5 Å². The van der Waals surface area contributed by atoms with Crippen LogP contribution in [0.4, 0.5) is 0 Å². The summed E-state index contributed by atoms with van der Waals surface area (Å²) in [7, 11) is 0. The fourth-order valence-corrected chi connectivity index (χ4v) is 2.35. The summed E-state index contributed by atoms with van der Waals surface area (Å²) in [5.74, 6) is 0.0604. The van der Waals surface area contributed by atoms with Gasteiger partial charge in [0.25, 0.3) is 0 Å².